The van der Waals surface area contributed by atoms with Crippen LogP contribution in [0.1, 0.15) is 13.3 Å². The molecular weight excluding hydrogens is 206 g/mol. The zero-order valence-electron chi connectivity index (χ0n) is 9.18. The van der Waals surface area contributed by atoms with Crippen LogP contribution < -0.4 is 16.0 Å². The van der Waals surface area contributed by atoms with E-state index in [0.717, 1.165) is 25.3 Å². The zero-order valence-corrected chi connectivity index (χ0v) is 9.18. The van der Waals surface area contributed by atoms with Gasteiger partial charge < -0.3 is 16.0 Å². The molecule has 2 heterocycles. The Labute approximate surface area is 93.8 Å². The van der Waals surface area contributed by atoms with Gasteiger partial charge in [-0.15, -0.1) is 10.2 Å². The number of anilines is 2. The minimum atomic E-state index is 0.00948. The van der Waals surface area contributed by atoms with E-state index < -0.39 is 0 Å². The van der Waals surface area contributed by atoms with Crippen LogP contribution in [0.15, 0.2) is 12.1 Å². The van der Waals surface area contributed by atoms with Gasteiger partial charge in [0.05, 0.1) is 0 Å². The van der Waals surface area contributed by atoms with E-state index in [1.807, 2.05) is 6.07 Å². The van der Waals surface area contributed by atoms with Crippen molar-refractivity contribution in [2.45, 2.75) is 19.4 Å². The van der Waals surface area contributed by atoms with Gasteiger partial charge in [-0.25, -0.2) is 0 Å². The maximum Gasteiger partial charge on any atom is 0.217 e. The first-order valence-electron chi connectivity index (χ1n) is 5.26. The van der Waals surface area contributed by atoms with Crippen LogP contribution in [0.2, 0.25) is 0 Å². The standard InChI is InChI=1S/C10H15N5O/c1-7(16)12-8-4-5-15(6-8)10-3-2-9(11)13-14-10/h2-3,8H,4-6H2,1H3,(H2,11,13)(H,12,16). The summed E-state index contributed by atoms with van der Waals surface area (Å²) in [6.45, 7) is 3.19. The van der Waals surface area contributed by atoms with Crippen molar-refractivity contribution < 1.29 is 4.79 Å². The highest BCUT2D eigenvalue weighted by Gasteiger charge is 2.23. The third-order valence-corrected chi connectivity index (χ3v) is 2.59. The van der Waals surface area contributed by atoms with Gasteiger partial charge in [0.15, 0.2) is 5.82 Å². The Morgan fingerprint density at radius 2 is 2.38 bits per heavy atom. The van der Waals surface area contributed by atoms with Crippen molar-refractivity contribution in [2.24, 2.45) is 0 Å². The number of rotatable bonds is 2. The number of aromatic nitrogens is 2. The molecule has 1 aromatic rings. The van der Waals surface area contributed by atoms with Crippen molar-refractivity contribution in [3.8, 4) is 0 Å². The third-order valence-electron chi connectivity index (χ3n) is 2.59. The maximum absolute atomic E-state index is 10.9. The number of carbonyl (C=O) groups excluding carboxylic acids is 1. The van der Waals surface area contributed by atoms with Crippen LogP contribution in [0.4, 0.5) is 11.6 Å². The molecule has 86 valence electrons. The Balaban J connectivity index is 1.98. The summed E-state index contributed by atoms with van der Waals surface area (Å²) in [6, 6.07) is 3.78. The van der Waals surface area contributed by atoms with Crippen LogP contribution in [-0.2, 0) is 4.79 Å². The highest BCUT2D eigenvalue weighted by molar-refractivity contribution is 5.73. The van der Waals surface area contributed by atoms with Gasteiger partial charge >= 0.3 is 0 Å². The van der Waals surface area contributed by atoms with Crippen molar-refractivity contribution >= 4 is 17.5 Å². The molecule has 0 aromatic carbocycles. The quantitative estimate of drug-likeness (QED) is 0.721. The first-order valence-corrected chi connectivity index (χ1v) is 5.26. The number of amides is 1. The Bertz CT molecular complexity index is 377. The summed E-state index contributed by atoms with van der Waals surface area (Å²) in [5.41, 5.74) is 5.47. The fraction of sp³-hybridized carbons (Fsp3) is 0.500. The fourth-order valence-corrected chi connectivity index (χ4v) is 1.88. The number of nitrogens with one attached hydrogen (secondary N) is 1. The van der Waals surface area contributed by atoms with Crippen molar-refractivity contribution in [3.63, 3.8) is 0 Å². The van der Waals surface area contributed by atoms with Crippen molar-refractivity contribution in [3.05, 3.63) is 12.1 Å². The molecule has 1 amide bonds. The van der Waals surface area contributed by atoms with E-state index in [4.69, 9.17) is 5.73 Å². The lowest BCUT2D eigenvalue weighted by molar-refractivity contribution is -0.119. The molecule has 0 aliphatic carbocycles. The van der Waals surface area contributed by atoms with Gasteiger partial charge in [-0.2, -0.15) is 0 Å². The van der Waals surface area contributed by atoms with E-state index in [1.165, 1.54) is 6.92 Å². The molecule has 1 fully saturated rings. The topological polar surface area (TPSA) is 84.1 Å². The summed E-state index contributed by atoms with van der Waals surface area (Å²) in [7, 11) is 0. The normalized spacial score (nSPS) is 19.8. The van der Waals surface area contributed by atoms with E-state index in [1.54, 1.807) is 6.07 Å². The summed E-state index contributed by atoms with van der Waals surface area (Å²) < 4.78 is 0. The predicted octanol–water partition coefficient (Wildman–Crippen LogP) is -0.226. The molecule has 1 saturated heterocycles. The van der Waals surface area contributed by atoms with Crippen LogP contribution in [0.25, 0.3) is 0 Å². The molecule has 0 bridgehead atoms. The maximum atomic E-state index is 10.9. The first kappa shape index (κ1) is 10.7. The molecule has 1 atom stereocenters. The molecule has 0 radical (unpaired) electrons. The molecule has 6 nitrogen and oxygen atoms in total. The molecule has 1 aliphatic heterocycles. The lowest BCUT2D eigenvalue weighted by Crippen LogP contribution is -2.35. The predicted molar refractivity (Wildman–Crippen MR) is 60.9 cm³/mol. The van der Waals surface area contributed by atoms with E-state index in [9.17, 15) is 4.79 Å². The Hall–Kier alpha value is -1.85. The number of hydrogen-bond acceptors (Lipinski definition) is 5. The van der Waals surface area contributed by atoms with Crippen LogP contribution in [0.5, 0.6) is 0 Å². The first-order chi connectivity index (χ1) is 7.65. The summed E-state index contributed by atoms with van der Waals surface area (Å²) in [4.78, 5) is 13.0. The Morgan fingerprint density at radius 3 is 3.00 bits per heavy atom. The summed E-state index contributed by atoms with van der Waals surface area (Å²) in [5.74, 6) is 1.23. The van der Waals surface area contributed by atoms with Crippen LogP contribution in [0.3, 0.4) is 0 Å². The number of nitrogens with zero attached hydrogens (tertiary/aromatic N) is 3. The lowest BCUT2D eigenvalue weighted by atomic mass is 10.3. The highest BCUT2D eigenvalue weighted by Crippen LogP contribution is 2.17. The smallest absolute Gasteiger partial charge is 0.217 e. The third kappa shape index (κ3) is 2.39. The second-order valence-corrected chi connectivity index (χ2v) is 3.95. The average Bonchev–Trinajstić information content (AvgIpc) is 2.66. The molecule has 0 spiro atoms. The van der Waals surface area contributed by atoms with Gasteiger partial charge in [0.2, 0.25) is 5.91 Å². The number of carbonyl (C=O) groups is 1. The molecule has 3 N–H and O–H groups in total. The highest BCUT2D eigenvalue weighted by atomic mass is 16.1. The van der Waals surface area contributed by atoms with Crippen LogP contribution in [-0.4, -0.2) is 35.2 Å². The van der Waals surface area contributed by atoms with E-state index in [2.05, 4.69) is 20.4 Å². The molecule has 1 aliphatic rings. The van der Waals surface area contributed by atoms with Gasteiger partial charge in [0, 0.05) is 26.1 Å². The molecule has 2 rings (SSSR count). The minimum Gasteiger partial charge on any atom is -0.382 e. The second-order valence-electron chi connectivity index (χ2n) is 3.95. The van der Waals surface area contributed by atoms with Crippen molar-refractivity contribution in [2.75, 3.05) is 23.7 Å². The second kappa shape index (κ2) is 4.34. The van der Waals surface area contributed by atoms with E-state index in [0.29, 0.717) is 5.82 Å². The van der Waals surface area contributed by atoms with Crippen molar-refractivity contribution in [1.29, 1.82) is 0 Å². The number of nitrogens with two attached hydrogens (primary N) is 1. The summed E-state index contributed by atoms with van der Waals surface area (Å²) in [5, 5.41) is 10.7. The molecule has 16 heavy (non-hydrogen) atoms. The van der Waals surface area contributed by atoms with Crippen LogP contribution in [0, 0.1) is 0 Å². The van der Waals surface area contributed by atoms with Gasteiger partial charge in [0.25, 0.3) is 0 Å². The Kier molecular flexibility index (Phi) is 2.89. The fourth-order valence-electron chi connectivity index (χ4n) is 1.88. The lowest BCUT2D eigenvalue weighted by Gasteiger charge is -2.16. The van der Waals surface area contributed by atoms with Crippen LogP contribution >= 0.6 is 0 Å². The van der Waals surface area contributed by atoms with E-state index >= 15 is 0 Å². The summed E-state index contributed by atoms with van der Waals surface area (Å²) >= 11 is 0. The Morgan fingerprint density at radius 1 is 1.56 bits per heavy atom. The van der Waals surface area contributed by atoms with Gasteiger partial charge in [-0.05, 0) is 18.6 Å². The van der Waals surface area contributed by atoms with Gasteiger partial charge in [-0.3, -0.25) is 4.79 Å². The van der Waals surface area contributed by atoms with E-state index in [-0.39, 0.29) is 11.9 Å². The average molecular weight is 221 g/mol. The summed E-state index contributed by atoms with van der Waals surface area (Å²) in [6.07, 6.45) is 0.936. The number of nitrogen functional groups attached to an aromatic ring is 1. The SMILES string of the molecule is CC(=O)NC1CCN(c2ccc(N)nn2)C1. The largest absolute Gasteiger partial charge is 0.382 e. The molecule has 6 heteroatoms. The van der Waals surface area contributed by atoms with Crippen molar-refractivity contribution in [1.82, 2.24) is 15.5 Å². The van der Waals surface area contributed by atoms with Gasteiger partial charge in [0.1, 0.15) is 5.82 Å². The minimum absolute atomic E-state index is 0.00948. The number of hydrogen-bond donors (Lipinski definition) is 2. The zero-order chi connectivity index (χ0) is 11.5. The molecular formula is C10H15N5O. The van der Waals surface area contributed by atoms with Gasteiger partial charge in [-0.1, -0.05) is 0 Å². The molecule has 1 unspecified atom stereocenters. The molecule has 0 saturated carbocycles. The monoisotopic (exact) mass is 221 g/mol. The molecule has 1 aromatic heterocycles.